The van der Waals surface area contributed by atoms with Crippen molar-refractivity contribution in [3.63, 3.8) is 0 Å². The highest BCUT2D eigenvalue weighted by atomic mass is 35.5. The number of hydrogen-bond donors (Lipinski definition) is 1. The first-order chi connectivity index (χ1) is 12.0. The van der Waals surface area contributed by atoms with Crippen LogP contribution in [0.2, 0.25) is 0 Å². The van der Waals surface area contributed by atoms with Crippen LogP contribution in [-0.4, -0.2) is 18.5 Å². The maximum atomic E-state index is 12.1. The van der Waals surface area contributed by atoms with Gasteiger partial charge in [0.2, 0.25) is 6.54 Å². The summed E-state index contributed by atoms with van der Waals surface area (Å²) in [5.41, 5.74) is 6.10. The molecule has 1 amide bonds. The summed E-state index contributed by atoms with van der Waals surface area (Å²) >= 11 is 0. The summed E-state index contributed by atoms with van der Waals surface area (Å²) in [4.78, 5) is 23.3. The second-order valence-electron chi connectivity index (χ2n) is 8.52. The molecule has 4 aliphatic rings. The third kappa shape index (κ3) is 4.03. The average molecular weight is 379 g/mol. The highest BCUT2D eigenvalue weighted by Gasteiger charge is 2.50. The highest BCUT2D eigenvalue weighted by molar-refractivity contribution is 5.92. The Labute approximate surface area is 160 Å². The quantitative estimate of drug-likeness (QED) is 0.521. The fourth-order valence-corrected chi connectivity index (χ4v) is 5.94. The summed E-state index contributed by atoms with van der Waals surface area (Å²) in [7, 11) is 0. The molecule has 6 heteroatoms. The van der Waals surface area contributed by atoms with Crippen LogP contribution in [0.4, 0.5) is 0 Å². The molecule has 0 saturated heterocycles. The fraction of sp³-hybridized carbons (Fsp3) is 0.650. The van der Waals surface area contributed by atoms with Crippen LogP contribution in [0.5, 0.6) is 0 Å². The Balaban J connectivity index is 0.00000196. The van der Waals surface area contributed by atoms with Crippen molar-refractivity contribution in [1.82, 2.24) is 0 Å². The zero-order chi connectivity index (χ0) is 17.4. The average Bonchev–Trinajstić information content (AvgIpc) is 2.53. The van der Waals surface area contributed by atoms with E-state index in [1.54, 1.807) is 29.1 Å². The van der Waals surface area contributed by atoms with Gasteiger partial charge >= 0.3 is 5.97 Å². The van der Waals surface area contributed by atoms with Gasteiger partial charge in [0.25, 0.3) is 5.91 Å². The van der Waals surface area contributed by atoms with Crippen molar-refractivity contribution < 1.29 is 31.3 Å². The van der Waals surface area contributed by atoms with Gasteiger partial charge in [-0.1, -0.05) is 0 Å². The van der Waals surface area contributed by atoms with E-state index >= 15 is 0 Å². The minimum Gasteiger partial charge on any atom is -1.00 e. The number of ether oxygens (including phenoxy) is 1. The minimum atomic E-state index is -0.496. The minimum absolute atomic E-state index is 0. The second-order valence-corrected chi connectivity index (χ2v) is 8.52. The molecule has 4 fully saturated rings. The number of aromatic nitrogens is 1. The van der Waals surface area contributed by atoms with Crippen molar-refractivity contribution in [2.45, 2.75) is 51.5 Å². The Morgan fingerprint density at radius 1 is 1.15 bits per heavy atom. The zero-order valence-electron chi connectivity index (χ0n) is 15.0. The molecule has 4 saturated carbocycles. The third-order valence-corrected chi connectivity index (χ3v) is 6.51. The molecule has 1 aromatic rings. The van der Waals surface area contributed by atoms with Gasteiger partial charge in [0.05, 0.1) is 6.61 Å². The molecule has 5 nitrogen and oxygen atoms in total. The number of nitrogens with zero attached hydrogens (tertiary/aromatic N) is 1. The van der Waals surface area contributed by atoms with Gasteiger partial charge < -0.3 is 22.9 Å². The first kappa shape index (κ1) is 19.2. The number of esters is 1. The number of pyridine rings is 1. The molecule has 142 valence electrons. The van der Waals surface area contributed by atoms with Gasteiger partial charge in [-0.05, 0) is 74.2 Å². The van der Waals surface area contributed by atoms with Gasteiger partial charge in [0, 0.05) is 6.07 Å². The lowest BCUT2D eigenvalue weighted by Gasteiger charge is -2.57. The molecule has 1 aromatic heterocycles. The van der Waals surface area contributed by atoms with Gasteiger partial charge in [0.15, 0.2) is 12.4 Å². The molecule has 26 heavy (non-hydrogen) atoms. The molecule has 0 atom stereocenters. The standard InChI is InChI=1S/C20H26N2O3.ClH/c21-19(24)17-2-1-4-22(12-17)13-18(23)25-5-3-20-9-14-6-15(10-20)8-16(7-14)11-20;/h1-2,4,12,14-16H,3,5-11,13H2,(H-,21,24);1H. The van der Waals surface area contributed by atoms with Gasteiger partial charge in [-0.15, -0.1) is 0 Å². The van der Waals surface area contributed by atoms with Crippen LogP contribution in [-0.2, 0) is 16.1 Å². The lowest BCUT2D eigenvalue weighted by Crippen LogP contribution is -3.00. The summed E-state index contributed by atoms with van der Waals surface area (Å²) in [6.07, 6.45) is 12.7. The monoisotopic (exact) mass is 378 g/mol. The number of primary amides is 1. The molecular weight excluding hydrogens is 352 g/mol. The number of halogens is 1. The first-order valence-electron chi connectivity index (χ1n) is 9.46. The van der Waals surface area contributed by atoms with Crippen LogP contribution in [0.3, 0.4) is 0 Å². The van der Waals surface area contributed by atoms with Gasteiger partial charge in [0.1, 0.15) is 5.56 Å². The van der Waals surface area contributed by atoms with Crippen molar-refractivity contribution in [3.05, 3.63) is 30.1 Å². The summed E-state index contributed by atoms with van der Waals surface area (Å²) in [5, 5.41) is 0. The lowest BCUT2D eigenvalue weighted by atomic mass is 9.49. The predicted octanol–water partition coefficient (Wildman–Crippen LogP) is -0.773. The lowest BCUT2D eigenvalue weighted by molar-refractivity contribution is -0.686. The Hall–Kier alpha value is -1.62. The van der Waals surface area contributed by atoms with Crippen molar-refractivity contribution in [3.8, 4) is 0 Å². The molecule has 0 unspecified atom stereocenters. The van der Waals surface area contributed by atoms with E-state index in [0.29, 0.717) is 17.6 Å². The zero-order valence-corrected chi connectivity index (χ0v) is 15.8. The summed E-state index contributed by atoms with van der Waals surface area (Å²) in [5.74, 6) is 2.03. The van der Waals surface area contributed by atoms with E-state index in [1.807, 2.05) is 0 Å². The van der Waals surface area contributed by atoms with Crippen LogP contribution in [0.15, 0.2) is 24.5 Å². The van der Waals surface area contributed by atoms with E-state index < -0.39 is 5.91 Å². The molecule has 0 aliphatic heterocycles. The van der Waals surface area contributed by atoms with Gasteiger partial charge in [-0.2, -0.15) is 4.57 Å². The van der Waals surface area contributed by atoms with Crippen molar-refractivity contribution in [1.29, 1.82) is 0 Å². The molecule has 1 heterocycles. The van der Waals surface area contributed by atoms with Crippen LogP contribution in [0.1, 0.15) is 55.3 Å². The first-order valence-corrected chi connectivity index (χ1v) is 9.46. The summed E-state index contributed by atoms with van der Waals surface area (Å²) < 4.78 is 7.16. The molecule has 2 N–H and O–H groups in total. The number of rotatable bonds is 6. The number of nitrogens with two attached hydrogens (primary N) is 1. The third-order valence-electron chi connectivity index (χ3n) is 6.51. The smallest absolute Gasteiger partial charge is 0.372 e. The van der Waals surface area contributed by atoms with E-state index in [1.165, 1.54) is 38.5 Å². The SMILES string of the molecule is NC(=O)c1ccc[n+](CC(=O)OCCC23CC4CC(CC(C4)C2)C3)c1.[Cl-]. The van der Waals surface area contributed by atoms with Crippen molar-refractivity contribution in [2.24, 2.45) is 28.9 Å². The molecule has 4 bridgehead atoms. The van der Waals surface area contributed by atoms with Crippen molar-refractivity contribution in [2.75, 3.05) is 6.61 Å². The normalized spacial score (nSPS) is 31.3. The largest absolute Gasteiger partial charge is 1.00 e. The highest BCUT2D eigenvalue weighted by Crippen LogP contribution is 2.61. The molecule has 0 aromatic carbocycles. The maximum Gasteiger partial charge on any atom is 0.372 e. The molecule has 0 radical (unpaired) electrons. The van der Waals surface area contributed by atoms with E-state index in [0.717, 1.165) is 24.2 Å². The summed E-state index contributed by atoms with van der Waals surface area (Å²) in [6.45, 7) is 0.628. The van der Waals surface area contributed by atoms with Crippen molar-refractivity contribution >= 4 is 11.9 Å². The van der Waals surface area contributed by atoms with Gasteiger partial charge in [-0.3, -0.25) is 4.79 Å². The molecule has 4 aliphatic carbocycles. The number of carbonyl (C=O) groups excluding carboxylic acids is 2. The predicted molar refractivity (Wildman–Crippen MR) is 91.3 cm³/mol. The Kier molecular flexibility index (Phi) is 5.56. The van der Waals surface area contributed by atoms with Crippen LogP contribution < -0.4 is 22.7 Å². The van der Waals surface area contributed by atoms with E-state index in [2.05, 4.69) is 0 Å². The molecule has 0 spiro atoms. The van der Waals surface area contributed by atoms with Crippen LogP contribution in [0.25, 0.3) is 0 Å². The second kappa shape index (κ2) is 7.55. The van der Waals surface area contributed by atoms with E-state index in [9.17, 15) is 9.59 Å². The molecule has 5 rings (SSSR count). The van der Waals surface area contributed by atoms with E-state index in [4.69, 9.17) is 10.5 Å². The number of carbonyl (C=O) groups is 2. The summed E-state index contributed by atoms with van der Waals surface area (Å²) in [6, 6.07) is 3.35. The van der Waals surface area contributed by atoms with Crippen LogP contribution >= 0.6 is 0 Å². The molecular formula is C20H27ClN2O3. The Morgan fingerprint density at radius 2 is 1.77 bits per heavy atom. The topological polar surface area (TPSA) is 73.3 Å². The number of hydrogen-bond acceptors (Lipinski definition) is 3. The maximum absolute atomic E-state index is 12.1. The van der Waals surface area contributed by atoms with Crippen LogP contribution in [0, 0.1) is 23.2 Å². The number of amides is 1. The van der Waals surface area contributed by atoms with E-state index in [-0.39, 0.29) is 24.9 Å². The Bertz CT molecular complexity index is 656. The fourth-order valence-electron chi connectivity index (χ4n) is 5.94. The Morgan fingerprint density at radius 3 is 2.35 bits per heavy atom. The van der Waals surface area contributed by atoms with Gasteiger partial charge in [-0.25, -0.2) is 4.79 Å².